The first-order valence-corrected chi connectivity index (χ1v) is 9.73. The molecule has 0 bridgehead atoms. The van der Waals surface area contributed by atoms with Crippen molar-refractivity contribution in [2.24, 2.45) is 5.92 Å². The van der Waals surface area contributed by atoms with Gasteiger partial charge < -0.3 is 9.47 Å². The van der Waals surface area contributed by atoms with Crippen LogP contribution in [0.5, 0.6) is 5.75 Å². The van der Waals surface area contributed by atoms with E-state index in [9.17, 15) is 21.6 Å². The molecule has 1 unspecified atom stereocenters. The van der Waals surface area contributed by atoms with Crippen molar-refractivity contribution < 1.29 is 31.1 Å². The molecule has 6 nitrogen and oxygen atoms in total. The molecule has 0 saturated carbocycles. The molecule has 1 atom stereocenters. The second kappa shape index (κ2) is 8.55. The highest BCUT2D eigenvalue weighted by atomic mass is 32.2. The monoisotopic (exact) mass is 396 g/mol. The highest BCUT2D eigenvalue weighted by Crippen LogP contribution is 2.29. The first kappa shape index (κ1) is 20.9. The molecular weight excluding hydrogens is 373 g/mol. The van der Waals surface area contributed by atoms with E-state index in [-0.39, 0.29) is 12.6 Å². The molecule has 1 N–H and O–H groups in total. The predicted molar refractivity (Wildman–Crippen MR) is 89.3 cm³/mol. The van der Waals surface area contributed by atoms with Gasteiger partial charge in [-0.15, -0.1) is 13.2 Å². The van der Waals surface area contributed by atoms with E-state index in [1.807, 2.05) is 0 Å². The highest BCUT2D eigenvalue weighted by molar-refractivity contribution is 7.89. The van der Waals surface area contributed by atoms with Crippen molar-refractivity contribution in [3.8, 4) is 5.75 Å². The largest absolute Gasteiger partial charge is 0.573 e. The molecule has 0 radical (unpaired) electrons. The molecule has 1 fully saturated rings. The molecule has 0 aliphatic carbocycles. The Hall–Kier alpha value is -1.36. The number of benzene rings is 1. The van der Waals surface area contributed by atoms with Gasteiger partial charge >= 0.3 is 6.36 Å². The second-order valence-electron chi connectivity index (χ2n) is 6.49. The van der Waals surface area contributed by atoms with E-state index in [1.54, 1.807) is 0 Å². The van der Waals surface area contributed by atoms with Gasteiger partial charge in [0.2, 0.25) is 10.0 Å². The predicted octanol–water partition coefficient (Wildman–Crippen LogP) is 2.22. The molecular formula is C16H23F3N2O4S. The van der Waals surface area contributed by atoms with Crippen LogP contribution in [0.1, 0.15) is 13.8 Å². The molecule has 2 rings (SSSR count). The molecule has 1 aromatic rings. The molecule has 1 saturated heterocycles. The Morgan fingerprint density at radius 1 is 1.35 bits per heavy atom. The van der Waals surface area contributed by atoms with Crippen molar-refractivity contribution in [2.75, 3.05) is 32.8 Å². The van der Waals surface area contributed by atoms with Crippen LogP contribution in [0.15, 0.2) is 29.2 Å². The first-order chi connectivity index (χ1) is 12.1. The quantitative estimate of drug-likeness (QED) is 0.766. The lowest BCUT2D eigenvalue weighted by atomic mass is 10.2. The summed E-state index contributed by atoms with van der Waals surface area (Å²) in [6.45, 7) is 6.82. The zero-order valence-corrected chi connectivity index (χ0v) is 15.4. The molecule has 26 heavy (non-hydrogen) atoms. The number of sulfonamides is 1. The second-order valence-corrected chi connectivity index (χ2v) is 8.23. The van der Waals surface area contributed by atoms with Crippen molar-refractivity contribution in [1.82, 2.24) is 9.62 Å². The van der Waals surface area contributed by atoms with E-state index in [0.717, 1.165) is 25.2 Å². The highest BCUT2D eigenvalue weighted by Gasteiger charge is 2.34. The molecule has 1 aliphatic heterocycles. The number of nitrogens with one attached hydrogen (secondary N) is 1. The number of ether oxygens (including phenoxy) is 2. The van der Waals surface area contributed by atoms with Crippen LogP contribution in [0.25, 0.3) is 0 Å². The maximum atomic E-state index is 12.5. The Labute approximate surface area is 151 Å². The smallest absolute Gasteiger partial charge is 0.404 e. The minimum Gasteiger partial charge on any atom is -0.404 e. The summed E-state index contributed by atoms with van der Waals surface area (Å²) in [5.41, 5.74) is 0. The summed E-state index contributed by atoms with van der Waals surface area (Å²) in [6, 6.07) is 4.63. The van der Waals surface area contributed by atoms with Crippen molar-refractivity contribution >= 4 is 10.0 Å². The number of alkyl halides is 3. The number of halogens is 3. The summed E-state index contributed by atoms with van der Waals surface area (Å²) in [7, 11) is -4.18. The zero-order valence-electron chi connectivity index (χ0n) is 14.6. The normalized spacial score (nSPS) is 19.7. The van der Waals surface area contributed by atoms with E-state index < -0.39 is 27.0 Å². The third-order valence-electron chi connectivity index (χ3n) is 3.71. The van der Waals surface area contributed by atoms with Crippen LogP contribution in [0.4, 0.5) is 13.2 Å². The Morgan fingerprint density at radius 2 is 2.04 bits per heavy atom. The fraction of sp³-hybridized carbons (Fsp3) is 0.625. The van der Waals surface area contributed by atoms with E-state index in [2.05, 4.69) is 28.2 Å². The maximum absolute atomic E-state index is 12.5. The van der Waals surface area contributed by atoms with Crippen molar-refractivity contribution in [1.29, 1.82) is 0 Å². The van der Waals surface area contributed by atoms with Gasteiger partial charge in [-0.05, 0) is 18.1 Å². The molecule has 0 amide bonds. The fourth-order valence-electron chi connectivity index (χ4n) is 2.75. The minimum absolute atomic E-state index is 0.0305. The lowest BCUT2D eigenvalue weighted by molar-refractivity contribution is -0.275. The van der Waals surface area contributed by atoms with E-state index in [1.165, 1.54) is 12.1 Å². The third kappa shape index (κ3) is 6.42. The topological polar surface area (TPSA) is 67.9 Å². The molecule has 148 valence electrons. The van der Waals surface area contributed by atoms with Gasteiger partial charge in [0.25, 0.3) is 0 Å². The molecule has 1 aliphatic rings. The molecule has 1 aromatic carbocycles. The zero-order chi connectivity index (χ0) is 19.4. The maximum Gasteiger partial charge on any atom is 0.573 e. The lowest BCUT2D eigenvalue weighted by Crippen LogP contribution is -2.48. The van der Waals surface area contributed by atoms with E-state index in [0.29, 0.717) is 19.1 Å². The summed E-state index contributed by atoms with van der Waals surface area (Å²) < 4.78 is 73.9. The SMILES string of the molecule is CC(C)CN1CCOC(CNS(=O)(=O)c2ccccc2OC(F)(F)F)C1. The van der Waals surface area contributed by atoms with Crippen LogP contribution >= 0.6 is 0 Å². The van der Waals surface area contributed by atoms with Crippen LogP contribution in [0.3, 0.4) is 0 Å². The molecule has 0 spiro atoms. The number of hydrogen-bond acceptors (Lipinski definition) is 5. The van der Waals surface area contributed by atoms with Crippen LogP contribution in [-0.2, 0) is 14.8 Å². The van der Waals surface area contributed by atoms with Crippen molar-refractivity contribution in [2.45, 2.75) is 31.2 Å². The number of rotatable bonds is 7. The number of hydrogen-bond donors (Lipinski definition) is 1. The standard InChI is InChI=1S/C16H23F3N2O4S/c1-12(2)10-21-7-8-24-13(11-21)9-20-26(22,23)15-6-4-3-5-14(15)25-16(17,18)19/h3-6,12-13,20H,7-11H2,1-2H3. The van der Waals surface area contributed by atoms with Gasteiger partial charge in [0.15, 0.2) is 0 Å². The Bertz CT molecular complexity index is 695. The minimum atomic E-state index is -4.98. The van der Waals surface area contributed by atoms with Crippen LogP contribution in [0, 0.1) is 5.92 Å². The Balaban J connectivity index is 2.03. The van der Waals surface area contributed by atoms with Gasteiger partial charge in [0.1, 0.15) is 10.6 Å². The summed E-state index contributed by atoms with van der Waals surface area (Å²) in [6.07, 6.45) is -5.34. The van der Waals surface area contributed by atoms with Gasteiger partial charge in [-0.3, -0.25) is 4.90 Å². The lowest BCUT2D eigenvalue weighted by Gasteiger charge is -2.33. The van der Waals surface area contributed by atoms with Crippen molar-refractivity contribution in [3.63, 3.8) is 0 Å². The van der Waals surface area contributed by atoms with E-state index >= 15 is 0 Å². The summed E-state index contributed by atoms with van der Waals surface area (Å²) >= 11 is 0. The van der Waals surface area contributed by atoms with Crippen LogP contribution < -0.4 is 9.46 Å². The molecule has 1 heterocycles. The third-order valence-corrected chi connectivity index (χ3v) is 5.17. The van der Waals surface area contributed by atoms with Gasteiger partial charge in [-0.2, -0.15) is 0 Å². The van der Waals surface area contributed by atoms with E-state index in [4.69, 9.17) is 4.74 Å². The van der Waals surface area contributed by atoms with Gasteiger partial charge in [0.05, 0.1) is 12.7 Å². The van der Waals surface area contributed by atoms with Crippen molar-refractivity contribution in [3.05, 3.63) is 24.3 Å². The summed E-state index contributed by atoms with van der Waals surface area (Å²) in [5.74, 6) is -0.296. The van der Waals surface area contributed by atoms with Crippen LogP contribution in [-0.4, -0.2) is 58.6 Å². The number of morpholine rings is 1. The van der Waals surface area contributed by atoms with Gasteiger partial charge in [-0.25, -0.2) is 13.1 Å². The summed E-state index contributed by atoms with van der Waals surface area (Å²) in [4.78, 5) is 1.61. The number of para-hydroxylation sites is 1. The number of nitrogens with zero attached hydrogens (tertiary/aromatic N) is 1. The molecule has 0 aromatic heterocycles. The van der Waals surface area contributed by atoms with Gasteiger partial charge in [0, 0.05) is 26.2 Å². The first-order valence-electron chi connectivity index (χ1n) is 8.25. The summed E-state index contributed by atoms with van der Waals surface area (Å²) in [5, 5.41) is 0. The average Bonchev–Trinajstić information content (AvgIpc) is 2.52. The fourth-order valence-corrected chi connectivity index (χ4v) is 3.94. The average molecular weight is 396 g/mol. The van der Waals surface area contributed by atoms with Crippen LogP contribution in [0.2, 0.25) is 0 Å². The Kier molecular flexibility index (Phi) is 6.89. The Morgan fingerprint density at radius 3 is 2.69 bits per heavy atom. The molecule has 10 heteroatoms. The van der Waals surface area contributed by atoms with Gasteiger partial charge in [-0.1, -0.05) is 26.0 Å².